The first-order chi connectivity index (χ1) is 11.5. The van der Waals surface area contributed by atoms with Gasteiger partial charge in [0.25, 0.3) is 0 Å². The van der Waals surface area contributed by atoms with Gasteiger partial charge in [0.2, 0.25) is 5.91 Å². The smallest absolute Gasteiger partial charge is 0.219 e. The van der Waals surface area contributed by atoms with Crippen molar-refractivity contribution in [2.75, 3.05) is 31.1 Å². The zero-order valence-electron chi connectivity index (χ0n) is 15.0. The molecule has 3 heterocycles. The van der Waals surface area contributed by atoms with Crippen LogP contribution in [0.5, 0.6) is 0 Å². The minimum absolute atomic E-state index is 0.142. The van der Waals surface area contributed by atoms with Crippen LogP contribution >= 0.6 is 0 Å². The summed E-state index contributed by atoms with van der Waals surface area (Å²) < 4.78 is 1.99. The zero-order valence-corrected chi connectivity index (χ0v) is 15.0. The van der Waals surface area contributed by atoms with Crippen molar-refractivity contribution in [1.82, 2.24) is 24.6 Å². The van der Waals surface area contributed by atoms with Crippen molar-refractivity contribution in [2.45, 2.75) is 47.1 Å². The highest BCUT2D eigenvalue weighted by atomic mass is 16.2. The number of fused-ring (bicyclic) bond motifs is 1. The zero-order chi connectivity index (χ0) is 17.3. The number of nitrogens with zero attached hydrogens (tertiary/aromatic N) is 6. The fourth-order valence-electron chi connectivity index (χ4n) is 3.27. The third kappa shape index (κ3) is 2.95. The molecule has 0 atom stereocenters. The number of hydrogen-bond donors (Lipinski definition) is 0. The molecule has 130 valence electrons. The maximum Gasteiger partial charge on any atom is 0.219 e. The highest BCUT2D eigenvalue weighted by Crippen LogP contribution is 2.27. The Labute approximate surface area is 142 Å². The van der Waals surface area contributed by atoms with E-state index in [-0.39, 0.29) is 5.91 Å². The number of carbonyl (C=O) groups is 1. The second-order valence-electron chi connectivity index (χ2n) is 6.30. The van der Waals surface area contributed by atoms with Crippen molar-refractivity contribution in [2.24, 2.45) is 0 Å². The molecule has 3 rings (SSSR count). The van der Waals surface area contributed by atoms with Gasteiger partial charge in [-0.05, 0) is 20.3 Å². The number of amides is 1. The van der Waals surface area contributed by atoms with Crippen LogP contribution in [0.25, 0.3) is 11.0 Å². The van der Waals surface area contributed by atoms with E-state index in [4.69, 9.17) is 9.97 Å². The average Bonchev–Trinajstić information content (AvgIpc) is 2.91. The number of aryl methyl sites for hydroxylation is 3. The maximum atomic E-state index is 11.6. The van der Waals surface area contributed by atoms with Gasteiger partial charge in [-0.1, -0.05) is 6.92 Å². The van der Waals surface area contributed by atoms with Crippen molar-refractivity contribution >= 4 is 22.8 Å². The van der Waals surface area contributed by atoms with Gasteiger partial charge in [-0.3, -0.25) is 9.48 Å². The van der Waals surface area contributed by atoms with Gasteiger partial charge in [-0.2, -0.15) is 5.10 Å². The molecule has 0 spiro atoms. The van der Waals surface area contributed by atoms with Crippen molar-refractivity contribution in [3.05, 3.63) is 11.5 Å². The minimum atomic E-state index is 0.142. The molecule has 0 aliphatic carbocycles. The van der Waals surface area contributed by atoms with E-state index < -0.39 is 0 Å². The predicted molar refractivity (Wildman–Crippen MR) is 94.2 cm³/mol. The molecule has 0 saturated carbocycles. The van der Waals surface area contributed by atoms with E-state index in [0.717, 1.165) is 73.9 Å². The highest BCUT2D eigenvalue weighted by molar-refractivity contribution is 5.88. The number of aromatic nitrogens is 4. The van der Waals surface area contributed by atoms with E-state index in [0.29, 0.717) is 0 Å². The molecule has 7 nitrogen and oxygen atoms in total. The lowest BCUT2D eigenvalue weighted by atomic mass is 10.2. The first-order valence-electron chi connectivity index (χ1n) is 8.79. The van der Waals surface area contributed by atoms with Crippen LogP contribution in [-0.2, 0) is 17.8 Å². The summed E-state index contributed by atoms with van der Waals surface area (Å²) in [6.07, 6.45) is 1.89. The molecular weight excluding hydrogens is 304 g/mol. The molecule has 1 aliphatic rings. The Hall–Kier alpha value is -2.18. The van der Waals surface area contributed by atoms with Gasteiger partial charge < -0.3 is 9.80 Å². The molecule has 1 amide bonds. The largest absolute Gasteiger partial charge is 0.351 e. The van der Waals surface area contributed by atoms with E-state index in [1.807, 2.05) is 16.5 Å². The molecule has 0 unspecified atom stereocenters. The SMILES string of the molecule is CCCc1nc(N2CCN(C(C)=O)CC2)c2c(n1)c(C)nn2CC. The Morgan fingerprint density at radius 2 is 1.83 bits per heavy atom. The van der Waals surface area contributed by atoms with Crippen molar-refractivity contribution in [3.63, 3.8) is 0 Å². The third-order valence-electron chi connectivity index (χ3n) is 4.58. The molecule has 0 aromatic carbocycles. The number of hydrogen-bond acceptors (Lipinski definition) is 5. The minimum Gasteiger partial charge on any atom is -0.351 e. The molecule has 0 bridgehead atoms. The lowest BCUT2D eigenvalue weighted by Gasteiger charge is -2.35. The summed E-state index contributed by atoms with van der Waals surface area (Å²) >= 11 is 0. The van der Waals surface area contributed by atoms with E-state index in [2.05, 4.69) is 23.8 Å². The summed E-state index contributed by atoms with van der Waals surface area (Å²) in [6, 6.07) is 0. The van der Waals surface area contributed by atoms with Gasteiger partial charge in [0.05, 0.1) is 5.69 Å². The Kier molecular flexibility index (Phi) is 4.69. The Balaban J connectivity index is 2.03. The molecule has 2 aromatic rings. The lowest BCUT2D eigenvalue weighted by Crippen LogP contribution is -2.48. The van der Waals surface area contributed by atoms with Gasteiger partial charge in [0.15, 0.2) is 5.82 Å². The van der Waals surface area contributed by atoms with E-state index in [9.17, 15) is 4.79 Å². The van der Waals surface area contributed by atoms with Gasteiger partial charge in [-0.15, -0.1) is 0 Å². The van der Waals surface area contributed by atoms with Crippen LogP contribution in [0.2, 0.25) is 0 Å². The van der Waals surface area contributed by atoms with Crippen LogP contribution < -0.4 is 4.90 Å². The fraction of sp³-hybridized carbons (Fsp3) is 0.647. The molecule has 0 radical (unpaired) electrons. The summed E-state index contributed by atoms with van der Waals surface area (Å²) in [5.41, 5.74) is 2.93. The molecule has 1 fully saturated rings. The van der Waals surface area contributed by atoms with Gasteiger partial charge in [0, 0.05) is 46.1 Å². The predicted octanol–water partition coefficient (Wildman–Crippen LogP) is 1.78. The number of carbonyl (C=O) groups excluding carboxylic acids is 1. The fourth-order valence-corrected chi connectivity index (χ4v) is 3.27. The average molecular weight is 330 g/mol. The summed E-state index contributed by atoms with van der Waals surface area (Å²) in [4.78, 5) is 25.3. The second-order valence-corrected chi connectivity index (χ2v) is 6.30. The van der Waals surface area contributed by atoms with Crippen molar-refractivity contribution in [3.8, 4) is 0 Å². The summed E-state index contributed by atoms with van der Waals surface area (Å²) in [6.45, 7) is 11.7. The standard InChI is InChI=1S/C17H26N6O/c1-5-7-14-18-15-12(3)20-23(6-2)16(15)17(19-14)22-10-8-21(9-11-22)13(4)24/h5-11H2,1-4H3. The summed E-state index contributed by atoms with van der Waals surface area (Å²) in [7, 11) is 0. The summed E-state index contributed by atoms with van der Waals surface area (Å²) in [5, 5.41) is 4.63. The molecule has 1 saturated heterocycles. The number of piperazine rings is 1. The van der Waals surface area contributed by atoms with Crippen molar-refractivity contribution < 1.29 is 4.79 Å². The van der Waals surface area contributed by atoms with Gasteiger partial charge in [-0.25, -0.2) is 9.97 Å². The van der Waals surface area contributed by atoms with E-state index in [1.54, 1.807) is 6.92 Å². The number of anilines is 1. The van der Waals surface area contributed by atoms with Gasteiger partial charge in [0.1, 0.15) is 16.9 Å². The normalized spacial score (nSPS) is 15.3. The monoisotopic (exact) mass is 330 g/mol. The Morgan fingerprint density at radius 3 is 2.42 bits per heavy atom. The molecule has 7 heteroatoms. The maximum absolute atomic E-state index is 11.6. The van der Waals surface area contributed by atoms with Crippen LogP contribution in [-0.4, -0.2) is 56.7 Å². The molecule has 2 aromatic heterocycles. The van der Waals surface area contributed by atoms with Crippen molar-refractivity contribution in [1.29, 1.82) is 0 Å². The van der Waals surface area contributed by atoms with Crippen LogP contribution in [0, 0.1) is 6.92 Å². The first-order valence-corrected chi connectivity index (χ1v) is 8.79. The van der Waals surface area contributed by atoms with Crippen LogP contribution in [0.3, 0.4) is 0 Å². The molecule has 1 aliphatic heterocycles. The van der Waals surface area contributed by atoms with Crippen LogP contribution in [0.15, 0.2) is 0 Å². The van der Waals surface area contributed by atoms with Crippen LogP contribution in [0.1, 0.15) is 38.7 Å². The topological polar surface area (TPSA) is 67.2 Å². The van der Waals surface area contributed by atoms with E-state index >= 15 is 0 Å². The Bertz CT molecular complexity index is 745. The quantitative estimate of drug-likeness (QED) is 0.855. The highest BCUT2D eigenvalue weighted by Gasteiger charge is 2.24. The van der Waals surface area contributed by atoms with Crippen LogP contribution in [0.4, 0.5) is 5.82 Å². The van der Waals surface area contributed by atoms with Gasteiger partial charge >= 0.3 is 0 Å². The summed E-state index contributed by atoms with van der Waals surface area (Å²) in [5.74, 6) is 1.99. The molecule has 0 N–H and O–H groups in total. The first kappa shape index (κ1) is 16.7. The molecular formula is C17H26N6O. The third-order valence-corrected chi connectivity index (χ3v) is 4.58. The number of rotatable bonds is 4. The lowest BCUT2D eigenvalue weighted by molar-refractivity contribution is -0.129. The Morgan fingerprint density at radius 1 is 1.12 bits per heavy atom. The van der Waals surface area contributed by atoms with E-state index in [1.165, 1.54) is 0 Å². The second kappa shape index (κ2) is 6.75. The molecule has 24 heavy (non-hydrogen) atoms.